The van der Waals surface area contributed by atoms with E-state index in [-0.39, 0.29) is 5.91 Å². The number of aromatic nitrogens is 1. The van der Waals surface area contributed by atoms with Gasteiger partial charge >= 0.3 is 0 Å². The van der Waals surface area contributed by atoms with Gasteiger partial charge in [-0.3, -0.25) is 4.79 Å². The zero-order chi connectivity index (χ0) is 16.4. The van der Waals surface area contributed by atoms with Gasteiger partial charge in [-0.1, -0.05) is 35.5 Å². The zero-order valence-electron chi connectivity index (χ0n) is 13.9. The highest BCUT2D eigenvalue weighted by molar-refractivity contribution is 5.93. The molecule has 0 saturated carbocycles. The SMILES string of the molecule is O=C(c1cc(-c2ccccc2)on1)N1CCC(N2CCCC2)CC1. The van der Waals surface area contributed by atoms with E-state index in [0.717, 1.165) is 31.5 Å². The number of nitrogens with zero attached hydrogens (tertiary/aromatic N) is 3. The number of rotatable bonds is 3. The van der Waals surface area contributed by atoms with Gasteiger partial charge in [0.15, 0.2) is 11.5 Å². The molecule has 0 radical (unpaired) electrons. The van der Waals surface area contributed by atoms with Crippen molar-refractivity contribution in [3.8, 4) is 11.3 Å². The topological polar surface area (TPSA) is 49.6 Å². The largest absolute Gasteiger partial charge is 0.355 e. The lowest BCUT2D eigenvalue weighted by molar-refractivity contribution is 0.0634. The molecule has 0 N–H and O–H groups in total. The van der Waals surface area contributed by atoms with Crippen LogP contribution >= 0.6 is 0 Å². The third-order valence-electron chi connectivity index (χ3n) is 5.20. The average Bonchev–Trinajstić information content (AvgIpc) is 3.34. The number of likely N-dealkylation sites (tertiary alicyclic amines) is 2. The highest BCUT2D eigenvalue weighted by Gasteiger charge is 2.29. The van der Waals surface area contributed by atoms with E-state index in [1.165, 1.54) is 25.9 Å². The van der Waals surface area contributed by atoms with Gasteiger partial charge < -0.3 is 14.3 Å². The molecule has 5 nitrogen and oxygen atoms in total. The molecule has 0 aliphatic carbocycles. The molecule has 0 unspecified atom stereocenters. The molecule has 0 atom stereocenters. The van der Waals surface area contributed by atoms with Gasteiger partial charge in [0, 0.05) is 30.8 Å². The van der Waals surface area contributed by atoms with E-state index in [9.17, 15) is 4.79 Å². The van der Waals surface area contributed by atoms with Crippen molar-refractivity contribution in [1.82, 2.24) is 15.0 Å². The van der Waals surface area contributed by atoms with Crippen molar-refractivity contribution in [3.05, 3.63) is 42.1 Å². The van der Waals surface area contributed by atoms with E-state index >= 15 is 0 Å². The summed E-state index contributed by atoms with van der Waals surface area (Å²) in [5.74, 6) is 0.631. The van der Waals surface area contributed by atoms with E-state index in [0.29, 0.717) is 17.5 Å². The van der Waals surface area contributed by atoms with Crippen LogP contribution in [0.2, 0.25) is 0 Å². The van der Waals surface area contributed by atoms with Crippen LogP contribution in [0.25, 0.3) is 11.3 Å². The van der Waals surface area contributed by atoms with Crippen LogP contribution in [0.3, 0.4) is 0 Å². The molecular weight excluding hydrogens is 302 g/mol. The Hall–Kier alpha value is -2.14. The smallest absolute Gasteiger partial charge is 0.276 e. The molecule has 2 aromatic rings. The lowest BCUT2D eigenvalue weighted by Gasteiger charge is -2.36. The first-order valence-corrected chi connectivity index (χ1v) is 8.87. The molecule has 1 aromatic carbocycles. The highest BCUT2D eigenvalue weighted by atomic mass is 16.5. The third kappa shape index (κ3) is 3.08. The maximum atomic E-state index is 12.7. The van der Waals surface area contributed by atoms with Crippen LogP contribution in [0.15, 0.2) is 40.9 Å². The summed E-state index contributed by atoms with van der Waals surface area (Å²) in [5.41, 5.74) is 1.35. The molecule has 126 valence electrons. The Morgan fingerprint density at radius 1 is 1.04 bits per heavy atom. The maximum Gasteiger partial charge on any atom is 0.276 e. The average molecular weight is 325 g/mol. The summed E-state index contributed by atoms with van der Waals surface area (Å²) in [5, 5.41) is 3.99. The van der Waals surface area contributed by atoms with Gasteiger partial charge in [-0.25, -0.2) is 0 Å². The second-order valence-corrected chi connectivity index (χ2v) is 6.71. The molecule has 1 aromatic heterocycles. The maximum absolute atomic E-state index is 12.7. The summed E-state index contributed by atoms with van der Waals surface area (Å²) in [6, 6.07) is 12.2. The molecule has 4 rings (SSSR count). The summed E-state index contributed by atoms with van der Waals surface area (Å²) in [4.78, 5) is 17.2. The number of hydrogen-bond acceptors (Lipinski definition) is 4. The summed E-state index contributed by atoms with van der Waals surface area (Å²) in [6.45, 7) is 4.08. The standard InChI is InChI=1S/C19H23N3O2/c23-19(17-14-18(24-20-17)15-6-2-1-3-7-15)22-12-8-16(9-13-22)21-10-4-5-11-21/h1-3,6-7,14,16H,4-5,8-13H2. The van der Waals surface area contributed by atoms with Crippen molar-refractivity contribution in [2.24, 2.45) is 0 Å². The monoisotopic (exact) mass is 325 g/mol. The van der Waals surface area contributed by atoms with Gasteiger partial charge in [0.1, 0.15) is 0 Å². The third-order valence-corrected chi connectivity index (χ3v) is 5.20. The van der Waals surface area contributed by atoms with Gasteiger partial charge in [-0.05, 0) is 38.8 Å². The van der Waals surface area contributed by atoms with Crippen molar-refractivity contribution < 1.29 is 9.32 Å². The van der Waals surface area contributed by atoms with E-state index in [1.807, 2.05) is 35.2 Å². The Labute approximate surface area is 142 Å². The fourth-order valence-electron chi connectivity index (χ4n) is 3.82. The Morgan fingerprint density at radius 2 is 1.75 bits per heavy atom. The minimum Gasteiger partial charge on any atom is -0.355 e. The predicted molar refractivity (Wildman–Crippen MR) is 91.7 cm³/mol. The minimum absolute atomic E-state index is 0.0131. The Balaban J connectivity index is 1.39. The van der Waals surface area contributed by atoms with Crippen LogP contribution in [-0.2, 0) is 0 Å². The summed E-state index contributed by atoms with van der Waals surface area (Å²) < 4.78 is 5.36. The quantitative estimate of drug-likeness (QED) is 0.870. The second kappa shape index (κ2) is 6.77. The predicted octanol–water partition coefficient (Wildman–Crippen LogP) is 3.04. The van der Waals surface area contributed by atoms with Crippen molar-refractivity contribution in [3.63, 3.8) is 0 Å². The van der Waals surface area contributed by atoms with Gasteiger partial charge in [-0.2, -0.15) is 0 Å². The van der Waals surface area contributed by atoms with Crippen LogP contribution in [0.1, 0.15) is 36.2 Å². The summed E-state index contributed by atoms with van der Waals surface area (Å²) in [6.07, 6.45) is 4.77. The zero-order valence-corrected chi connectivity index (χ0v) is 13.9. The fourth-order valence-corrected chi connectivity index (χ4v) is 3.82. The Kier molecular flexibility index (Phi) is 4.34. The molecule has 3 heterocycles. The Morgan fingerprint density at radius 3 is 2.46 bits per heavy atom. The first-order valence-electron chi connectivity index (χ1n) is 8.87. The lowest BCUT2D eigenvalue weighted by Crippen LogP contribution is -2.46. The normalized spacial score (nSPS) is 19.8. The molecule has 1 amide bonds. The lowest BCUT2D eigenvalue weighted by atomic mass is 10.0. The van der Waals surface area contributed by atoms with Crippen LogP contribution < -0.4 is 0 Å². The number of carbonyl (C=O) groups is 1. The molecule has 24 heavy (non-hydrogen) atoms. The molecule has 0 bridgehead atoms. The molecule has 2 fully saturated rings. The van der Waals surface area contributed by atoms with Crippen LogP contribution in [0.5, 0.6) is 0 Å². The number of benzene rings is 1. The van der Waals surface area contributed by atoms with Crippen LogP contribution in [0, 0.1) is 0 Å². The Bertz CT molecular complexity index is 684. The van der Waals surface area contributed by atoms with Crippen molar-refractivity contribution in [2.45, 2.75) is 31.7 Å². The van der Waals surface area contributed by atoms with Gasteiger partial charge in [0.2, 0.25) is 0 Å². The second-order valence-electron chi connectivity index (χ2n) is 6.71. The molecule has 5 heteroatoms. The van der Waals surface area contributed by atoms with E-state index < -0.39 is 0 Å². The summed E-state index contributed by atoms with van der Waals surface area (Å²) >= 11 is 0. The van der Waals surface area contributed by atoms with Crippen LogP contribution in [-0.4, -0.2) is 53.1 Å². The van der Waals surface area contributed by atoms with Crippen molar-refractivity contribution in [2.75, 3.05) is 26.2 Å². The van der Waals surface area contributed by atoms with Gasteiger partial charge in [-0.15, -0.1) is 0 Å². The van der Waals surface area contributed by atoms with Crippen molar-refractivity contribution in [1.29, 1.82) is 0 Å². The number of carbonyl (C=O) groups excluding carboxylic acids is 1. The van der Waals surface area contributed by atoms with E-state index in [1.54, 1.807) is 6.07 Å². The highest BCUT2D eigenvalue weighted by Crippen LogP contribution is 2.24. The van der Waals surface area contributed by atoms with Gasteiger partial charge in [0.05, 0.1) is 0 Å². The van der Waals surface area contributed by atoms with E-state index in [2.05, 4.69) is 10.1 Å². The first kappa shape index (κ1) is 15.4. The number of amides is 1. The van der Waals surface area contributed by atoms with Crippen LogP contribution in [0.4, 0.5) is 0 Å². The van der Waals surface area contributed by atoms with Crippen molar-refractivity contribution >= 4 is 5.91 Å². The first-order chi connectivity index (χ1) is 11.8. The molecule has 2 saturated heterocycles. The number of piperidine rings is 1. The number of hydrogen-bond donors (Lipinski definition) is 0. The van der Waals surface area contributed by atoms with Gasteiger partial charge in [0.25, 0.3) is 5.91 Å². The molecule has 2 aliphatic rings. The fraction of sp³-hybridized carbons (Fsp3) is 0.474. The molecule has 0 spiro atoms. The molecule has 2 aliphatic heterocycles. The summed E-state index contributed by atoms with van der Waals surface area (Å²) in [7, 11) is 0. The minimum atomic E-state index is -0.0131. The van der Waals surface area contributed by atoms with E-state index in [4.69, 9.17) is 4.52 Å². The molecular formula is C19H23N3O2.